The Balaban J connectivity index is 2.59. The first-order chi connectivity index (χ1) is 13.3. The maximum absolute atomic E-state index is 12.4. The number of ether oxygens (including phenoxy) is 2. The third-order valence-electron chi connectivity index (χ3n) is 4.62. The third-order valence-corrected chi connectivity index (χ3v) is 4.62. The number of hydrogen-bond acceptors (Lipinski definition) is 6. The predicted molar refractivity (Wildman–Crippen MR) is 113 cm³/mol. The van der Waals surface area contributed by atoms with Gasteiger partial charge >= 0.3 is 11.9 Å². The van der Waals surface area contributed by atoms with Crippen molar-refractivity contribution in [1.29, 1.82) is 0 Å². The zero-order valence-corrected chi connectivity index (χ0v) is 17.6. The molecule has 0 amide bonds. The number of nitrogens with zero attached hydrogens (tertiary/aromatic N) is 2. The second-order valence-corrected chi connectivity index (χ2v) is 6.99. The summed E-state index contributed by atoms with van der Waals surface area (Å²) in [5.74, 6) is -2.07. The SMILES string of the molecule is CCOC(=O)C(Cc1ccc(N(C)C)c2c(N(C)C)cccc12)C(=O)OCC. The molecule has 0 aromatic heterocycles. The molecule has 0 unspecified atom stereocenters. The fourth-order valence-corrected chi connectivity index (χ4v) is 3.32. The molecular weight excluding hydrogens is 356 g/mol. The van der Waals surface area contributed by atoms with E-state index in [0.29, 0.717) is 0 Å². The summed E-state index contributed by atoms with van der Waals surface area (Å²) >= 11 is 0. The van der Waals surface area contributed by atoms with Crippen molar-refractivity contribution >= 4 is 34.1 Å². The van der Waals surface area contributed by atoms with Crippen LogP contribution in [0.3, 0.4) is 0 Å². The van der Waals surface area contributed by atoms with Gasteiger partial charge in [-0.15, -0.1) is 0 Å². The smallest absolute Gasteiger partial charge is 0.320 e. The number of benzene rings is 2. The average molecular weight is 386 g/mol. The molecule has 0 aliphatic rings. The van der Waals surface area contributed by atoms with Crippen molar-refractivity contribution in [2.75, 3.05) is 51.2 Å². The summed E-state index contributed by atoms with van der Waals surface area (Å²) < 4.78 is 10.2. The van der Waals surface area contributed by atoms with Crippen molar-refractivity contribution in [2.24, 2.45) is 5.92 Å². The largest absolute Gasteiger partial charge is 0.465 e. The van der Waals surface area contributed by atoms with E-state index in [9.17, 15) is 9.59 Å². The molecule has 0 saturated heterocycles. The minimum absolute atomic E-state index is 0.222. The van der Waals surface area contributed by atoms with Crippen LogP contribution in [0.25, 0.3) is 10.8 Å². The summed E-state index contributed by atoms with van der Waals surface area (Å²) in [5.41, 5.74) is 3.06. The lowest BCUT2D eigenvalue weighted by Crippen LogP contribution is -2.30. The molecule has 0 bridgehead atoms. The number of anilines is 2. The fourth-order valence-electron chi connectivity index (χ4n) is 3.32. The molecule has 28 heavy (non-hydrogen) atoms. The zero-order valence-electron chi connectivity index (χ0n) is 17.6. The normalized spacial score (nSPS) is 10.8. The molecule has 0 fully saturated rings. The van der Waals surface area contributed by atoms with Gasteiger partial charge in [-0.25, -0.2) is 0 Å². The van der Waals surface area contributed by atoms with E-state index in [1.54, 1.807) is 13.8 Å². The molecule has 0 aliphatic carbocycles. The highest BCUT2D eigenvalue weighted by Crippen LogP contribution is 2.36. The first-order valence-corrected chi connectivity index (χ1v) is 9.54. The summed E-state index contributed by atoms with van der Waals surface area (Å²) in [6.07, 6.45) is 0.235. The molecular formula is C22H30N2O4. The van der Waals surface area contributed by atoms with Crippen LogP contribution in [0.15, 0.2) is 30.3 Å². The Morgan fingerprint density at radius 2 is 1.39 bits per heavy atom. The van der Waals surface area contributed by atoms with Crippen LogP contribution in [-0.2, 0) is 25.5 Å². The molecule has 0 atom stereocenters. The molecule has 0 N–H and O–H groups in total. The monoisotopic (exact) mass is 386 g/mol. The zero-order chi connectivity index (χ0) is 20.8. The standard InChI is InChI=1S/C22H30N2O4/c1-7-27-21(25)17(22(26)28-8-2)14-15-12-13-19(24(5)6)20-16(15)10-9-11-18(20)23(3)4/h9-13,17H,7-8,14H2,1-6H3. The lowest BCUT2D eigenvalue weighted by molar-refractivity contribution is -0.161. The number of fused-ring (bicyclic) bond motifs is 1. The predicted octanol–water partition coefficient (Wildman–Crippen LogP) is 3.26. The van der Waals surface area contributed by atoms with Crippen molar-refractivity contribution in [3.63, 3.8) is 0 Å². The molecule has 0 saturated carbocycles. The minimum atomic E-state index is -0.976. The fraction of sp³-hybridized carbons (Fsp3) is 0.455. The molecule has 0 spiro atoms. The number of esters is 2. The first kappa shape index (κ1) is 21.5. The second-order valence-electron chi connectivity index (χ2n) is 6.99. The number of carbonyl (C=O) groups excluding carboxylic acids is 2. The molecule has 6 heteroatoms. The number of rotatable bonds is 8. The van der Waals surface area contributed by atoms with Crippen LogP contribution in [0.2, 0.25) is 0 Å². The van der Waals surface area contributed by atoms with Gasteiger partial charge in [0, 0.05) is 45.0 Å². The van der Waals surface area contributed by atoms with Gasteiger partial charge in [-0.2, -0.15) is 0 Å². The van der Waals surface area contributed by atoms with Gasteiger partial charge in [-0.1, -0.05) is 18.2 Å². The Bertz CT molecular complexity index is 814. The van der Waals surface area contributed by atoms with E-state index in [0.717, 1.165) is 27.7 Å². The second kappa shape index (κ2) is 9.44. The van der Waals surface area contributed by atoms with Crippen LogP contribution in [-0.4, -0.2) is 53.3 Å². The number of hydrogen-bond donors (Lipinski definition) is 0. The molecule has 0 heterocycles. The van der Waals surface area contributed by atoms with Crippen LogP contribution in [0.1, 0.15) is 19.4 Å². The Kier molecular flexibility index (Phi) is 7.26. The number of carbonyl (C=O) groups is 2. The third kappa shape index (κ3) is 4.55. The van der Waals surface area contributed by atoms with E-state index >= 15 is 0 Å². The Morgan fingerprint density at radius 3 is 1.89 bits per heavy atom. The summed E-state index contributed by atoms with van der Waals surface area (Å²) in [5, 5.41) is 2.09. The van der Waals surface area contributed by atoms with E-state index in [4.69, 9.17) is 9.47 Å². The van der Waals surface area contributed by atoms with Gasteiger partial charge in [0.1, 0.15) is 0 Å². The van der Waals surface area contributed by atoms with E-state index in [-0.39, 0.29) is 19.6 Å². The summed E-state index contributed by atoms with van der Waals surface area (Å²) in [7, 11) is 8.00. The minimum Gasteiger partial charge on any atom is -0.465 e. The molecule has 6 nitrogen and oxygen atoms in total. The highest BCUT2D eigenvalue weighted by Gasteiger charge is 2.30. The van der Waals surface area contributed by atoms with Crippen LogP contribution in [0, 0.1) is 5.92 Å². The van der Waals surface area contributed by atoms with Crippen LogP contribution >= 0.6 is 0 Å². The van der Waals surface area contributed by atoms with E-state index in [1.807, 2.05) is 52.5 Å². The van der Waals surface area contributed by atoms with Crippen molar-refractivity contribution in [3.05, 3.63) is 35.9 Å². The van der Waals surface area contributed by atoms with Crippen LogP contribution < -0.4 is 9.80 Å². The Hall–Kier alpha value is -2.76. The quantitative estimate of drug-likeness (QED) is 0.513. The molecule has 2 aromatic rings. The van der Waals surface area contributed by atoms with Gasteiger partial charge in [0.15, 0.2) is 5.92 Å². The summed E-state index contributed by atoms with van der Waals surface area (Å²) in [6, 6.07) is 10.1. The maximum atomic E-state index is 12.4. The van der Waals surface area contributed by atoms with Crippen molar-refractivity contribution in [2.45, 2.75) is 20.3 Å². The lowest BCUT2D eigenvalue weighted by atomic mass is 9.93. The highest BCUT2D eigenvalue weighted by molar-refractivity contribution is 6.05. The maximum Gasteiger partial charge on any atom is 0.320 e. The summed E-state index contributed by atoms with van der Waals surface area (Å²) in [6.45, 7) is 3.90. The van der Waals surface area contributed by atoms with Gasteiger partial charge in [-0.3, -0.25) is 9.59 Å². The Labute approximate surface area is 167 Å². The molecule has 152 valence electrons. The van der Waals surface area contributed by atoms with Crippen molar-refractivity contribution in [1.82, 2.24) is 0 Å². The average Bonchev–Trinajstić information content (AvgIpc) is 2.65. The van der Waals surface area contributed by atoms with E-state index < -0.39 is 17.9 Å². The Morgan fingerprint density at radius 1 is 0.857 bits per heavy atom. The lowest BCUT2D eigenvalue weighted by Gasteiger charge is -2.24. The van der Waals surface area contributed by atoms with Gasteiger partial charge in [0.2, 0.25) is 0 Å². The van der Waals surface area contributed by atoms with Gasteiger partial charge in [-0.05, 0) is 43.4 Å². The van der Waals surface area contributed by atoms with Crippen molar-refractivity contribution in [3.8, 4) is 0 Å². The van der Waals surface area contributed by atoms with Gasteiger partial charge in [0.05, 0.1) is 13.2 Å². The van der Waals surface area contributed by atoms with Crippen LogP contribution in [0.5, 0.6) is 0 Å². The van der Waals surface area contributed by atoms with E-state index in [1.165, 1.54) is 0 Å². The van der Waals surface area contributed by atoms with Gasteiger partial charge < -0.3 is 19.3 Å². The highest BCUT2D eigenvalue weighted by atomic mass is 16.6. The molecule has 0 radical (unpaired) electrons. The molecule has 2 aromatic carbocycles. The van der Waals surface area contributed by atoms with Crippen molar-refractivity contribution < 1.29 is 19.1 Å². The van der Waals surface area contributed by atoms with E-state index in [2.05, 4.69) is 15.9 Å². The van der Waals surface area contributed by atoms with Gasteiger partial charge in [0.25, 0.3) is 0 Å². The summed E-state index contributed by atoms with van der Waals surface area (Å²) in [4.78, 5) is 28.9. The molecule has 0 aliphatic heterocycles. The van der Waals surface area contributed by atoms with Crippen LogP contribution in [0.4, 0.5) is 11.4 Å². The topological polar surface area (TPSA) is 59.1 Å². The first-order valence-electron chi connectivity index (χ1n) is 9.54. The molecule has 2 rings (SSSR count).